The molecular weight excluding hydrogens is 188 g/mol. The van der Waals surface area contributed by atoms with Crippen molar-refractivity contribution in [1.82, 2.24) is 10.2 Å². The molecule has 0 amide bonds. The summed E-state index contributed by atoms with van der Waals surface area (Å²) in [5.74, 6) is 0. The summed E-state index contributed by atoms with van der Waals surface area (Å²) in [5, 5.41) is 3.73. The molecule has 0 aromatic rings. The maximum absolute atomic E-state index is 5.40. The van der Waals surface area contributed by atoms with Gasteiger partial charge in [-0.15, -0.1) is 0 Å². The summed E-state index contributed by atoms with van der Waals surface area (Å²) in [6.07, 6.45) is 5.50. The van der Waals surface area contributed by atoms with Crippen LogP contribution in [0.5, 0.6) is 0 Å². The molecule has 2 rings (SSSR count). The van der Waals surface area contributed by atoms with Gasteiger partial charge in [-0.1, -0.05) is 0 Å². The molecule has 1 saturated heterocycles. The van der Waals surface area contributed by atoms with E-state index in [2.05, 4.69) is 17.1 Å². The van der Waals surface area contributed by atoms with Gasteiger partial charge in [-0.05, 0) is 39.2 Å². The first-order chi connectivity index (χ1) is 7.38. The van der Waals surface area contributed by atoms with E-state index in [9.17, 15) is 0 Å². The molecular formula is C12H24N2O. The molecule has 0 spiro atoms. The minimum Gasteiger partial charge on any atom is -0.380 e. The first-order valence-corrected chi connectivity index (χ1v) is 6.44. The topological polar surface area (TPSA) is 24.5 Å². The molecule has 0 radical (unpaired) electrons. The highest BCUT2D eigenvalue weighted by Crippen LogP contribution is 2.21. The van der Waals surface area contributed by atoms with Gasteiger partial charge in [0.15, 0.2) is 0 Å². The van der Waals surface area contributed by atoms with Crippen LogP contribution in [0, 0.1) is 0 Å². The van der Waals surface area contributed by atoms with Crippen molar-refractivity contribution in [3.05, 3.63) is 0 Å². The Morgan fingerprint density at radius 2 is 2.13 bits per heavy atom. The molecule has 1 heterocycles. The van der Waals surface area contributed by atoms with E-state index in [-0.39, 0.29) is 0 Å². The number of piperidine rings is 1. The summed E-state index contributed by atoms with van der Waals surface area (Å²) in [4.78, 5) is 2.54. The fourth-order valence-corrected chi connectivity index (χ4v) is 2.32. The summed E-state index contributed by atoms with van der Waals surface area (Å²) >= 11 is 0. The molecule has 3 heteroatoms. The summed E-state index contributed by atoms with van der Waals surface area (Å²) in [6, 6.07) is 1.59. The van der Waals surface area contributed by atoms with E-state index in [1.807, 2.05) is 0 Å². The average Bonchev–Trinajstić information content (AvgIpc) is 3.03. The Morgan fingerprint density at radius 3 is 2.87 bits per heavy atom. The normalized spacial score (nSPS) is 28.2. The first kappa shape index (κ1) is 11.4. The van der Waals surface area contributed by atoms with Gasteiger partial charge in [0.2, 0.25) is 0 Å². The Hall–Kier alpha value is -0.120. The molecule has 0 aromatic heterocycles. The van der Waals surface area contributed by atoms with Gasteiger partial charge in [0.05, 0.1) is 6.61 Å². The number of nitrogens with zero attached hydrogens (tertiary/aromatic N) is 1. The van der Waals surface area contributed by atoms with Crippen molar-refractivity contribution < 1.29 is 4.74 Å². The minimum atomic E-state index is 0.743. The third-order valence-electron chi connectivity index (χ3n) is 3.31. The molecule has 1 aliphatic heterocycles. The van der Waals surface area contributed by atoms with E-state index in [0.29, 0.717) is 0 Å². The summed E-state index contributed by atoms with van der Waals surface area (Å²) in [5.41, 5.74) is 0. The van der Waals surface area contributed by atoms with Crippen LogP contribution in [0.3, 0.4) is 0 Å². The summed E-state index contributed by atoms with van der Waals surface area (Å²) < 4.78 is 5.40. The molecule has 1 atom stereocenters. The van der Waals surface area contributed by atoms with Crippen molar-refractivity contribution in [1.29, 1.82) is 0 Å². The number of nitrogens with one attached hydrogen (secondary N) is 1. The third-order valence-corrected chi connectivity index (χ3v) is 3.31. The molecule has 3 nitrogen and oxygen atoms in total. The second kappa shape index (κ2) is 5.83. The zero-order valence-corrected chi connectivity index (χ0v) is 9.87. The van der Waals surface area contributed by atoms with Gasteiger partial charge >= 0.3 is 0 Å². The Balaban J connectivity index is 1.62. The third kappa shape index (κ3) is 4.09. The predicted octanol–water partition coefficient (Wildman–Crippen LogP) is 1.24. The van der Waals surface area contributed by atoms with Crippen LogP contribution in [0.25, 0.3) is 0 Å². The molecule has 88 valence electrons. The fraction of sp³-hybridized carbons (Fsp3) is 1.00. The van der Waals surface area contributed by atoms with Crippen LogP contribution in [0.4, 0.5) is 0 Å². The largest absolute Gasteiger partial charge is 0.380 e. The van der Waals surface area contributed by atoms with Crippen molar-refractivity contribution in [3.63, 3.8) is 0 Å². The Bertz CT molecular complexity index is 182. The Kier molecular flexibility index (Phi) is 4.42. The van der Waals surface area contributed by atoms with Gasteiger partial charge in [0.25, 0.3) is 0 Å². The van der Waals surface area contributed by atoms with E-state index in [1.165, 1.54) is 38.8 Å². The zero-order chi connectivity index (χ0) is 10.5. The number of hydrogen-bond acceptors (Lipinski definition) is 3. The van der Waals surface area contributed by atoms with Crippen molar-refractivity contribution in [2.75, 3.05) is 32.8 Å². The number of rotatable bonds is 6. The molecule has 0 bridgehead atoms. The molecule has 15 heavy (non-hydrogen) atoms. The van der Waals surface area contributed by atoms with Crippen molar-refractivity contribution in [3.8, 4) is 0 Å². The van der Waals surface area contributed by atoms with E-state index in [4.69, 9.17) is 4.74 Å². The lowest BCUT2D eigenvalue weighted by atomic mass is 10.1. The van der Waals surface area contributed by atoms with Gasteiger partial charge in [0.1, 0.15) is 0 Å². The smallest absolute Gasteiger partial charge is 0.0593 e. The molecule has 1 saturated carbocycles. The highest BCUT2D eigenvalue weighted by Gasteiger charge is 2.27. The van der Waals surface area contributed by atoms with E-state index in [1.54, 1.807) is 0 Å². The van der Waals surface area contributed by atoms with Crippen LogP contribution < -0.4 is 5.32 Å². The first-order valence-electron chi connectivity index (χ1n) is 6.44. The Labute approximate surface area is 93.2 Å². The quantitative estimate of drug-likeness (QED) is 0.670. The number of likely N-dealkylation sites (tertiary alicyclic amines) is 1. The average molecular weight is 212 g/mol. The van der Waals surface area contributed by atoms with Crippen LogP contribution in [0.1, 0.15) is 32.6 Å². The lowest BCUT2D eigenvalue weighted by Crippen LogP contribution is -2.47. The van der Waals surface area contributed by atoms with Crippen molar-refractivity contribution in [2.24, 2.45) is 0 Å². The maximum Gasteiger partial charge on any atom is 0.0593 e. The van der Waals surface area contributed by atoms with Gasteiger partial charge in [-0.25, -0.2) is 0 Å². The van der Waals surface area contributed by atoms with E-state index < -0.39 is 0 Å². The fourth-order valence-electron chi connectivity index (χ4n) is 2.32. The van der Waals surface area contributed by atoms with Crippen molar-refractivity contribution in [2.45, 2.75) is 44.7 Å². The lowest BCUT2D eigenvalue weighted by Gasteiger charge is -2.33. The molecule has 2 fully saturated rings. The highest BCUT2D eigenvalue weighted by atomic mass is 16.5. The second-order valence-electron chi connectivity index (χ2n) is 4.78. The second-order valence-corrected chi connectivity index (χ2v) is 4.78. The van der Waals surface area contributed by atoms with Crippen molar-refractivity contribution >= 4 is 0 Å². The zero-order valence-electron chi connectivity index (χ0n) is 9.87. The molecule has 2 aliphatic rings. The van der Waals surface area contributed by atoms with Gasteiger partial charge in [0, 0.05) is 31.8 Å². The van der Waals surface area contributed by atoms with E-state index >= 15 is 0 Å². The molecule has 0 aromatic carbocycles. The van der Waals surface area contributed by atoms with Crippen LogP contribution in [0.2, 0.25) is 0 Å². The van der Waals surface area contributed by atoms with Crippen LogP contribution in [-0.2, 0) is 4.74 Å². The predicted molar refractivity (Wildman–Crippen MR) is 62.1 cm³/mol. The lowest BCUT2D eigenvalue weighted by molar-refractivity contribution is 0.0971. The molecule has 1 N–H and O–H groups in total. The maximum atomic E-state index is 5.40. The van der Waals surface area contributed by atoms with Gasteiger partial charge in [-0.3, -0.25) is 4.90 Å². The standard InChI is InChI=1S/C12H24N2O/c1-2-15-9-8-14-7-3-4-12(10-14)13-11-5-6-11/h11-13H,2-10H2,1H3. The van der Waals surface area contributed by atoms with Gasteiger partial charge < -0.3 is 10.1 Å². The van der Waals surface area contributed by atoms with Crippen LogP contribution in [0.15, 0.2) is 0 Å². The summed E-state index contributed by atoms with van der Waals surface area (Å²) in [7, 11) is 0. The molecule has 1 unspecified atom stereocenters. The molecule has 1 aliphatic carbocycles. The monoisotopic (exact) mass is 212 g/mol. The van der Waals surface area contributed by atoms with Crippen LogP contribution in [-0.4, -0.2) is 49.8 Å². The highest BCUT2D eigenvalue weighted by molar-refractivity contribution is 4.87. The number of hydrogen-bond donors (Lipinski definition) is 1. The Morgan fingerprint density at radius 1 is 1.27 bits per heavy atom. The van der Waals surface area contributed by atoms with E-state index in [0.717, 1.165) is 31.8 Å². The SMILES string of the molecule is CCOCCN1CCCC(NC2CC2)C1. The van der Waals surface area contributed by atoms with Gasteiger partial charge in [-0.2, -0.15) is 0 Å². The minimum absolute atomic E-state index is 0.743. The van der Waals surface area contributed by atoms with Crippen LogP contribution >= 0.6 is 0 Å². The summed E-state index contributed by atoms with van der Waals surface area (Å²) in [6.45, 7) is 7.40. The number of ether oxygens (including phenoxy) is 1.